The van der Waals surface area contributed by atoms with E-state index in [1.807, 2.05) is 0 Å². The van der Waals surface area contributed by atoms with Gasteiger partial charge in [-0.05, 0) is 26.8 Å². The van der Waals surface area contributed by atoms with Crippen molar-refractivity contribution < 1.29 is 18.7 Å². The number of halogens is 1. The van der Waals surface area contributed by atoms with Crippen LogP contribution < -0.4 is 10.5 Å². The lowest BCUT2D eigenvalue weighted by Crippen LogP contribution is -2.26. The van der Waals surface area contributed by atoms with Gasteiger partial charge in [0, 0.05) is 17.7 Å². The molecule has 0 fully saturated rings. The molecule has 0 radical (unpaired) electrons. The summed E-state index contributed by atoms with van der Waals surface area (Å²) < 4.78 is 23.7. The number of esters is 1. The highest BCUT2D eigenvalue weighted by molar-refractivity contribution is 5.74. The number of carbonyl (C=O) groups is 1. The molecule has 1 aromatic rings. The first-order chi connectivity index (χ1) is 8.45. The molecule has 4 nitrogen and oxygen atoms in total. The maximum atomic E-state index is 13.6. The molecule has 0 saturated carbocycles. The van der Waals surface area contributed by atoms with Crippen LogP contribution in [0.5, 0.6) is 5.75 Å². The Morgan fingerprint density at radius 3 is 2.61 bits per heavy atom. The summed E-state index contributed by atoms with van der Waals surface area (Å²) in [5.41, 5.74) is 6.01. The first-order valence-corrected chi connectivity index (χ1v) is 5.84. The molecule has 0 aliphatic rings. The minimum Gasteiger partial charge on any atom is -0.479 e. The lowest BCUT2D eigenvalue weighted by molar-refractivity contribution is -0.150. The Morgan fingerprint density at radius 1 is 1.44 bits per heavy atom. The number of ether oxygens (including phenoxy) is 2. The minimum absolute atomic E-state index is 0.275. The van der Waals surface area contributed by atoms with Crippen LogP contribution in [0.25, 0.3) is 0 Å². The van der Waals surface area contributed by atoms with Crippen LogP contribution in [0, 0.1) is 5.82 Å². The van der Waals surface area contributed by atoms with E-state index in [4.69, 9.17) is 15.2 Å². The molecule has 18 heavy (non-hydrogen) atoms. The molecule has 2 N–H and O–H groups in total. The molecule has 0 aliphatic carbocycles. The summed E-state index contributed by atoms with van der Waals surface area (Å²) in [7, 11) is 0. The second-order valence-corrected chi connectivity index (χ2v) is 3.98. The van der Waals surface area contributed by atoms with Crippen LogP contribution in [0.4, 0.5) is 4.39 Å². The Labute approximate surface area is 106 Å². The number of rotatable bonds is 5. The van der Waals surface area contributed by atoms with Gasteiger partial charge in [-0.15, -0.1) is 0 Å². The zero-order valence-corrected chi connectivity index (χ0v) is 10.8. The summed E-state index contributed by atoms with van der Waals surface area (Å²) in [6, 6.07) is 3.96. The van der Waals surface area contributed by atoms with Gasteiger partial charge in [-0.2, -0.15) is 0 Å². The molecular formula is C13H18FNO3. The number of carbonyl (C=O) groups excluding carboxylic acids is 1. The van der Waals surface area contributed by atoms with Gasteiger partial charge in [-0.25, -0.2) is 9.18 Å². The van der Waals surface area contributed by atoms with Crippen molar-refractivity contribution in [3.05, 3.63) is 29.6 Å². The number of benzene rings is 1. The van der Waals surface area contributed by atoms with Gasteiger partial charge in [0.25, 0.3) is 0 Å². The van der Waals surface area contributed by atoms with Gasteiger partial charge in [0.05, 0.1) is 6.61 Å². The number of nitrogens with two attached hydrogens (primary N) is 1. The van der Waals surface area contributed by atoms with Crippen LogP contribution in [-0.2, 0) is 9.53 Å². The third kappa shape index (κ3) is 3.70. The first kappa shape index (κ1) is 14.4. The van der Waals surface area contributed by atoms with Crippen LogP contribution in [0.2, 0.25) is 0 Å². The Bertz CT molecular complexity index is 421. The van der Waals surface area contributed by atoms with Gasteiger partial charge in [0.2, 0.25) is 0 Å². The first-order valence-electron chi connectivity index (χ1n) is 5.84. The van der Waals surface area contributed by atoms with Gasteiger partial charge in [0.1, 0.15) is 11.6 Å². The SMILES string of the molecule is CCOC(=O)C(C)Oc1ccc([C@@H](C)N)c(F)c1. The number of hydrogen-bond donors (Lipinski definition) is 1. The molecule has 1 aromatic carbocycles. The quantitative estimate of drug-likeness (QED) is 0.819. The summed E-state index contributed by atoms with van der Waals surface area (Å²) in [4.78, 5) is 11.3. The van der Waals surface area contributed by atoms with Crippen molar-refractivity contribution in [3.8, 4) is 5.75 Å². The van der Waals surface area contributed by atoms with Crippen LogP contribution in [0.15, 0.2) is 18.2 Å². The Kier molecular flexibility index (Phi) is 5.09. The van der Waals surface area contributed by atoms with Gasteiger partial charge in [-0.1, -0.05) is 6.07 Å². The van der Waals surface area contributed by atoms with E-state index in [1.54, 1.807) is 32.9 Å². The molecule has 0 saturated heterocycles. The topological polar surface area (TPSA) is 61.5 Å². The lowest BCUT2D eigenvalue weighted by Gasteiger charge is -2.14. The van der Waals surface area contributed by atoms with Crippen LogP contribution >= 0.6 is 0 Å². The molecular weight excluding hydrogens is 237 g/mol. The second kappa shape index (κ2) is 6.35. The van der Waals surface area contributed by atoms with Crippen molar-refractivity contribution in [1.82, 2.24) is 0 Å². The Hall–Kier alpha value is -1.62. The molecule has 100 valence electrons. The van der Waals surface area contributed by atoms with Gasteiger partial charge in [-0.3, -0.25) is 0 Å². The summed E-state index contributed by atoms with van der Waals surface area (Å²) in [5.74, 6) is -0.648. The number of hydrogen-bond acceptors (Lipinski definition) is 4. The lowest BCUT2D eigenvalue weighted by atomic mass is 10.1. The largest absolute Gasteiger partial charge is 0.479 e. The van der Waals surface area contributed by atoms with Gasteiger partial charge >= 0.3 is 5.97 Å². The van der Waals surface area contributed by atoms with E-state index in [9.17, 15) is 9.18 Å². The highest BCUT2D eigenvalue weighted by Gasteiger charge is 2.16. The average Bonchev–Trinajstić information content (AvgIpc) is 2.28. The molecule has 1 unspecified atom stereocenters. The summed E-state index contributed by atoms with van der Waals surface area (Å²) in [5, 5.41) is 0. The summed E-state index contributed by atoms with van der Waals surface area (Å²) >= 11 is 0. The second-order valence-electron chi connectivity index (χ2n) is 3.98. The fourth-order valence-electron chi connectivity index (χ4n) is 1.46. The molecule has 0 aliphatic heterocycles. The van der Waals surface area contributed by atoms with E-state index in [0.717, 1.165) is 0 Å². The highest BCUT2D eigenvalue weighted by atomic mass is 19.1. The Morgan fingerprint density at radius 2 is 2.11 bits per heavy atom. The van der Waals surface area contributed by atoms with Crippen molar-refractivity contribution in [2.75, 3.05) is 6.61 Å². The molecule has 1 rings (SSSR count). The maximum Gasteiger partial charge on any atom is 0.347 e. The normalized spacial score (nSPS) is 13.8. The van der Waals surface area contributed by atoms with E-state index in [2.05, 4.69) is 0 Å². The van der Waals surface area contributed by atoms with E-state index in [1.165, 1.54) is 6.07 Å². The highest BCUT2D eigenvalue weighted by Crippen LogP contribution is 2.21. The predicted molar refractivity (Wildman–Crippen MR) is 65.7 cm³/mol. The fraction of sp³-hybridized carbons (Fsp3) is 0.462. The van der Waals surface area contributed by atoms with E-state index < -0.39 is 17.9 Å². The van der Waals surface area contributed by atoms with E-state index in [-0.39, 0.29) is 18.4 Å². The standard InChI is InChI=1S/C13H18FNO3/c1-4-17-13(16)9(3)18-10-5-6-11(8(2)15)12(14)7-10/h5-9H,4,15H2,1-3H3/t8-,9?/m1/s1. The third-order valence-corrected chi connectivity index (χ3v) is 2.39. The van der Waals surface area contributed by atoms with Crippen molar-refractivity contribution >= 4 is 5.97 Å². The zero-order chi connectivity index (χ0) is 13.7. The van der Waals surface area contributed by atoms with E-state index >= 15 is 0 Å². The van der Waals surface area contributed by atoms with Crippen LogP contribution in [0.1, 0.15) is 32.4 Å². The molecule has 5 heteroatoms. The minimum atomic E-state index is -0.773. The van der Waals surface area contributed by atoms with Crippen LogP contribution in [-0.4, -0.2) is 18.7 Å². The van der Waals surface area contributed by atoms with E-state index in [0.29, 0.717) is 5.56 Å². The van der Waals surface area contributed by atoms with Gasteiger partial charge in [0.15, 0.2) is 6.10 Å². The third-order valence-electron chi connectivity index (χ3n) is 2.39. The summed E-state index contributed by atoms with van der Waals surface area (Å²) in [6.07, 6.45) is -0.773. The molecule has 0 bridgehead atoms. The molecule has 0 aromatic heterocycles. The van der Waals surface area contributed by atoms with Crippen molar-refractivity contribution in [3.63, 3.8) is 0 Å². The molecule has 2 atom stereocenters. The monoisotopic (exact) mass is 255 g/mol. The average molecular weight is 255 g/mol. The smallest absolute Gasteiger partial charge is 0.347 e. The molecule has 0 heterocycles. The molecule has 0 spiro atoms. The maximum absolute atomic E-state index is 13.6. The van der Waals surface area contributed by atoms with Gasteiger partial charge < -0.3 is 15.2 Å². The Balaban J connectivity index is 2.74. The predicted octanol–water partition coefficient (Wildman–Crippen LogP) is 2.18. The zero-order valence-electron chi connectivity index (χ0n) is 10.8. The van der Waals surface area contributed by atoms with Crippen LogP contribution in [0.3, 0.4) is 0 Å². The van der Waals surface area contributed by atoms with Crippen molar-refractivity contribution in [1.29, 1.82) is 0 Å². The fourth-order valence-corrected chi connectivity index (χ4v) is 1.46. The van der Waals surface area contributed by atoms with Crippen molar-refractivity contribution in [2.24, 2.45) is 5.73 Å². The molecule has 0 amide bonds. The van der Waals surface area contributed by atoms with Crippen molar-refractivity contribution in [2.45, 2.75) is 32.9 Å². The summed E-state index contributed by atoms with van der Waals surface area (Å²) in [6.45, 7) is 5.24.